The Balaban J connectivity index is 1.36. The molecule has 0 spiro atoms. The van der Waals surface area contributed by atoms with E-state index >= 15 is 0 Å². The average molecular weight is 484 g/mol. The van der Waals surface area contributed by atoms with Crippen LogP contribution in [0.15, 0.2) is 78.9 Å². The van der Waals surface area contributed by atoms with Crippen LogP contribution in [0, 0.1) is 12.8 Å². The smallest absolute Gasteiger partial charge is 0.411 e. The van der Waals surface area contributed by atoms with Gasteiger partial charge in [-0.15, -0.1) is 0 Å². The molecule has 5 rings (SSSR count). The van der Waals surface area contributed by atoms with Gasteiger partial charge in [0.05, 0.1) is 6.54 Å². The summed E-state index contributed by atoms with van der Waals surface area (Å²) >= 11 is 0. The van der Waals surface area contributed by atoms with Gasteiger partial charge in [0, 0.05) is 17.8 Å². The third-order valence-electron chi connectivity index (χ3n) is 6.75. The molecule has 1 saturated carbocycles. The van der Waals surface area contributed by atoms with Gasteiger partial charge in [0.2, 0.25) is 5.91 Å². The summed E-state index contributed by atoms with van der Waals surface area (Å²) in [6, 6.07) is 23.1. The predicted molar refractivity (Wildman–Crippen MR) is 136 cm³/mol. The summed E-state index contributed by atoms with van der Waals surface area (Å²) in [6.07, 6.45) is 0.968. The summed E-state index contributed by atoms with van der Waals surface area (Å²) in [5.41, 5.74) is 3.88. The van der Waals surface area contributed by atoms with Crippen LogP contribution in [0.3, 0.4) is 0 Å². The minimum atomic E-state index is -0.791. The maximum Gasteiger partial charge on any atom is 0.411 e. The van der Waals surface area contributed by atoms with Gasteiger partial charge in [-0.25, -0.2) is 4.79 Å². The number of rotatable bonds is 8. The number of carbonyl (C=O) groups excluding carboxylic acids is 3. The lowest BCUT2D eigenvalue weighted by Gasteiger charge is -2.25. The number of cyclic esters (lactones) is 1. The molecule has 2 fully saturated rings. The van der Waals surface area contributed by atoms with Gasteiger partial charge in [0.25, 0.3) is 5.91 Å². The Kier molecular flexibility index (Phi) is 6.71. The lowest BCUT2D eigenvalue weighted by atomic mass is 9.99. The number of aryl methyl sites for hydroxylation is 1. The molecule has 7 heteroatoms. The maximum atomic E-state index is 13.3. The second-order valence-corrected chi connectivity index (χ2v) is 9.43. The third kappa shape index (κ3) is 5.25. The summed E-state index contributed by atoms with van der Waals surface area (Å²) in [5, 5.41) is 5.89. The highest BCUT2D eigenvalue weighted by atomic mass is 16.6. The fourth-order valence-corrected chi connectivity index (χ4v) is 4.40. The third-order valence-corrected chi connectivity index (χ3v) is 6.75. The molecule has 3 aromatic rings. The van der Waals surface area contributed by atoms with Crippen LogP contribution in [-0.4, -0.2) is 35.4 Å². The van der Waals surface area contributed by atoms with Crippen LogP contribution >= 0.6 is 0 Å². The van der Waals surface area contributed by atoms with Crippen LogP contribution in [0.2, 0.25) is 0 Å². The lowest BCUT2D eigenvalue weighted by Crippen LogP contribution is -2.46. The molecule has 3 amide bonds. The van der Waals surface area contributed by atoms with Crippen molar-refractivity contribution in [3.8, 4) is 0 Å². The minimum absolute atomic E-state index is 0.211. The van der Waals surface area contributed by atoms with E-state index < -0.39 is 18.2 Å². The molecule has 1 aliphatic heterocycles. The first-order chi connectivity index (χ1) is 17.5. The van der Waals surface area contributed by atoms with Crippen LogP contribution < -0.4 is 10.6 Å². The molecule has 0 aromatic heterocycles. The number of nitrogens with zero attached hydrogens (tertiary/aromatic N) is 1. The number of nitrogens with one attached hydrogen (secondary N) is 2. The largest absolute Gasteiger partial charge is 0.438 e. The Morgan fingerprint density at radius 3 is 2.33 bits per heavy atom. The van der Waals surface area contributed by atoms with E-state index in [4.69, 9.17) is 4.74 Å². The molecule has 2 N–H and O–H groups in total. The SMILES string of the molecule is Cc1ccccc1CN1C(=O)OC(c2ccc(NC(=O)c3ccccc3)cc2)C1C(=O)NCC1CC1. The molecule has 2 atom stereocenters. The normalized spacial score (nSPS) is 19.0. The van der Waals surface area contributed by atoms with Crippen molar-refractivity contribution >= 4 is 23.6 Å². The molecule has 0 bridgehead atoms. The van der Waals surface area contributed by atoms with Gasteiger partial charge >= 0.3 is 6.09 Å². The second-order valence-electron chi connectivity index (χ2n) is 9.43. The highest BCUT2D eigenvalue weighted by Gasteiger charge is 2.47. The van der Waals surface area contributed by atoms with Gasteiger partial charge in [0.15, 0.2) is 12.1 Å². The molecule has 184 valence electrons. The zero-order chi connectivity index (χ0) is 25.1. The first kappa shape index (κ1) is 23.6. The van der Waals surface area contributed by atoms with E-state index in [9.17, 15) is 14.4 Å². The molecule has 0 radical (unpaired) electrons. The number of hydrogen-bond donors (Lipinski definition) is 2. The van der Waals surface area contributed by atoms with Crippen LogP contribution in [0.4, 0.5) is 10.5 Å². The summed E-state index contributed by atoms with van der Waals surface area (Å²) in [6.45, 7) is 2.88. The van der Waals surface area contributed by atoms with E-state index in [0.717, 1.165) is 24.0 Å². The topological polar surface area (TPSA) is 87.7 Å². The molecule has 1 saturated heterocycles. The van der Waals surface area contributed by atoms with Crippen molar-refractivity contribution < 1.29 is 19.1 Å². The quantitative estimate of drug-likeness (QED) is 0.480. The number of hydrogen-bond acceptors (Lipinski definition) is 4. The van der Waals surface area contributed by atoms with Crippen molar-refractivity contribution in [2.24, 2.45) is 5.92 Å². The van der Waals surface area contributed by atoms with Gasteiger partial charge in [-0.3, -0.25) is 14.5 Å². The van der Waals surface area contributed by atoms with E-state index in [-0.39, 0.29) is 18.4 Å². The highest BCUT2D eigenvalue weighted by molar-refractivity contribution is 6.04. The summed E-state index contributed by atoms with van der Waals surface area (Å²) in [7, 11) is 0. The Morgan fingerprint density at radius 1 is 0.944 bits per heavy atom. The lowest BCUT2D eigenvalue weighted by molar-refractivity contribution is -0.126. The molecule has 7 nitrogen and oxygen atoms in total. The highest BCUT2D eigenvalue weighted by Crippen LogP contribution is 2.35. The molecule has 36 heavy (non-hydrogen) atoms. The predicted octanol–water partition coefficient (Wildman–Crippen LogP) is 4.84. The van der Waals surface area contributed by atoms with E-state index in [0.29, 0.717) is 29.3 Å². The van der Waals surface area contributed by atoms with E-state index in [1.165, 1.54) is 4.90 Å². The van der Waals surface area contributed by atoms with Gasteiger partial charge in [-0.1, -0.05) is 54.6 Å². The Morgan fingerprint density at radius 2 is 1.64 bits per heavy atom. The Bertz CT molecular complexity index is 1260. The number of carbonyl (C=O) groups is 3. The van der Waals surface area contributed by atoms with Gasteiger partial charge in [0.1, 0.15) is 0 Å². The molecule has 1 aliphatic carbocycles. The van der Waals surface area contributed by atoms with Crippen LogP contribution in [0.5, 0.6) is 0 Å². The number of amides is 3. The van der Waals surface area contributed by atoms with E-state index in [1.54, 1.807) is 36.4 Å². The Hall–Kier alpha value is -4.13. The van der Waals surface area contributed by atoms with Crippen molar-refractivity contribution in [2.45, 2.75) is 38.5 Å². The molecule has 2 unspecified atom stereocenters. The monoisotopic (exact) mass is 483 g/mol. The maximum absolute atomic E-state index is 13.3. The van der Waals surface area contributed by atoms with Crippen molar-refractivity contribution in [3.05, 3.63) is 101 Å². The zero-order valence-corrected chi connectivity index (χ0v) is 20.1. The number of benzene rings is 3. The van der Waals surface area contributed by atoms with E-state index in [1.807, 2.05) is 49.4 Å². The average Bonchev–Trinajstić information content (AvgIpc) is 3.67. The first-order valence-corrected chi connectivity index (χ1v) is 12.3. The summed E-state index contributed by atoms with van der Waals surface area (Å²) < 4.78 is 5.76. The van der Waals surface area contributed by atoms with Crippen LogP contribution in [0.25, 0.3) is 0 Å². The van der Waals surface area contributed by atoms with Gasteiger partial charge in [-0.2, -0.15) is 0 Å². The standard InChI is InChI=1S/C29H29N3O4/c1-19-7-5-6-10-23(19)18-32-25(28(34)30-17-20-11-12-20)26(36-29(32)35)21-13-15-24(16-14-21)31-27(33)22-8-3-2-4-9-22/h2-10,13-16,20,25-26H,11-12,17-18H2,1H3,(H,30,34)(H,31,33). The number of ether oxygens (including phenoxy) is 1. The fourth-order valence-electron chi connectivity index (χ4n) is 4.40. The van der Waals surface area contributed by atoms with Crippen molar-refractivity contribution in [3.63, 3.8) is 0 Å². The molecular weight excluding hydrogens is 454 g/mol. The summed E-state index contributed by atoms with van der Waals surface area (Å²) in [5.74, 6) is 0.0907. The molecular formula is C29H29N3O4. The fraction of sp³-hybridized carbons (Fsp3) is 0.276. The van der Waals surface area contributed by atoms with Crippen molar-refractivity contribution in [2.75, 3.05) is 11.9 Å². The van der Waals surface area contributed by atoms with E-state index in [2.05, 4.69) is 10.6 Å². The van der Waals surface area contributed by atoms with Gasteiger partial charge in [-0.05, 0) is 66.6 Å². The minimum Gasteiger partial charge on any atom is -0.438 e. The second kappa shape index (κ2) is 10.2. The molecule has 2 aliphatic rings. The van der Waals surface area contributed by atoms with Crippen LogP contribution in [-0.2, 0) is 16.1 Å². The van der Waals surface area contributed by atoms with Crippen molar-refractivity contribution in [1.29, 1.82) is 0 Å². The van der Waals surface area contributed by atoms with Crippen molar-refractivity contribution in [1.82, 2.24) is 10.2 Å². The summed E-state index contributed by atoms with van der Waals surface area (Å²) in [4.78, 5) is 40.3. The molecule has 1 heterocycles. The van der Waals surface area contributed by atoms with Gasteiger partial charge < -0.3 is 15.4 Å². The number of anilines is 1. The first-order valence-electron chi connectivity index (χ1n) is 12.3. The Labute approximate surface area is 210 Å². The van der Waals surface area contributed by atoms with Crippen LogP contribution in [0.1, 0.15) is 46.0 Å². The zero-order valence-electron chi connectivity index (χ0n) is 20.1. The molecule has 3 aromatic carbocycles.